The van der Waals surface area contributed by atoms with Crippen LogP contribution >= 0.6 is 0 Å². The van der Waals surface area contributed by atoms with Gasteiger partial charge in [-0.2, -0.15) is 0 Å². The Hall–Kier alpha value is -2.15. The summed E-state index contributed by atoms with van der Waals surface area (Å²) < 4.78 is 8.13. The molecule has 0 N–H and O–H groups in total. The molecule has 1 saturated heterocycles. The maximum atomic E-state index is 12.6. The van der Waals surface area contributed by atoms with Gasteiger partial charge < -0.3 is 9.64 Å². The van der Waals surface area contributed by atoms with Crippen LogP contribution < -0.4 is 5.69 Å². The van der Waals surface area contributed by atoms with Gasteiger partial charge in [0.05, 0.1) is 18.7 Å². The Morgan fingerprint density at radius 1 is 1.32 bits per heavy atom. The summed E-state index contributed by atoms with van der Waals surface area (Å²) in [6.07, 6.45) is 3.73. The fraction of sp³-hybridized carbons (Fsp3) is 0.533. The number of nitrogens with zero attached hydrogens (tertiary/aromatic N) is 4. The second-order valence-corrected chi connectivity index (χ2v) is 5.45. The summed E-state index contributed by atoms with van der Waals surface area (Å²) in [6, 6.07) is 3.60. The highest BCUT2D eigenvalue weighted by atomic mass is 16.5. The Kier molecular flexibility index (Phi) is 4.24. The first-order valence-corrected chi connectivity index (χ1v) is 7.53. The highest BCUT2D eigenvalue weighted by Gasteiger charge is 2.21. The van der Waals surface area contributed by atoms with Crippen LogP contribution in [0.4, 0.5) is 0 Å². The van der Waals surface area contributed by atoms with E-state index in [1.807, 2.05) is 11.0 Å². The molecule has 7 heteroatoms. The molecule has 0 spiro atoms. The molecular formula is C15H20N4O3. The lowest BCUT2D eigenvalue weighted by atomic mass is 10.4. The van der Waals surface area contributed by atoms with Gasteiger partial charge in [-0.25, -0.2) is 9.78 Å². The van der Waals surface area contributed by atoms with Crippen molar-refractivity contribution in [2.75, 3.05) is 26.8 Å². The van der Waals surface area contributed by atoms with Crippen molar-refractivity contribution in [1.82, 2.24) is 19.0 Å². The second-order valence-electron chi connectivity index (χ2n) is 5.45. The van der Waals surface area contributed by atoms with Gasteiger partial charge in [-0.15, -0.1) is 0 Å². The molecule has 0 unspecified atom stereocenters. The summed E-state index contributed by atoms with van der Waals surface area (Å²) in [7, 11) is 1.59. The van der Waals surface area contributed by atoms with Crippen molar-refractivity contribution in [3.8, 4) is 0 Å². The van der Waals surface area contributed by atoms with Crippen LogP contribution in [0.15, 0.2) is 23.1 Å². The van der Waals surface area contributed by atoms with Gasteiger partial charge in [0.15, 0.2) is 5.65 Å². The van der Waals surface area contributed by atoms with Crippen molar-refractivity contribution in [1.29, 1.82) is 0 Å². The largest absolute Gasteiger partial charge is 0.383 e. The van der Waals surface area contributed by atoms with Gasteiger partial charge in [0.2, 0.25) is 5.91 Å². The normalized spacial score (nSPS) is 14.9. The number of likely N-dealkylation sites (tertiary alicyclic amines) is 1. The van der Waals surface area contributed by atoms with E-state index in [4.69, 9.17) is 4.74 Å². The van der Waals surface area contributed by atoms with Crippen molar-refractivity contribution in [2.45, 2.75) is 25.9 Å². The van der Waals surface area contributed by atoms with E-state index in [1.54, 1.807) is 23.9 Å². The van der Waals surface area contributed by atoms with E-state index in [0.29, 0.717) is 24.3 Å². The van der Waals surface area contributed by atoms with Crippen LogP contribution in [-0.2, 0) is 22.6 Å². The van der Waals surface area contributed by atoms with Crippen LogP contribution in [-0.4, -0.2) is 51.7 Å². The van der Waals surface area contributed by atoms with E-state index in [1.165, 1.54) is 4.57 Å². The molecule has 1 aliphatic rings. The van der Waals surface area contributed by atoms with Crippen molar-refractivity contribution >= 4 is 17.1 Å². The van der Waals surface area contributed by atoms with Crippen LogP contribution in [0.1, 0.15) is 12.8 Å². The fourth-order valence-electron chi connectivity index (χ4n) is 2.89. The zero-order chi connectivity index (χ0) is 15.5. The number of imidazole rings is 1. The van der Waals surface area contributed by atoms with Gasteiger partial charge in [0.25, 0.3) is 0 Å². The SMILES string of the molecule is COCCn1c(=O)n(CC(=O)N2CCCC2)c2cccnc21. The van der Waals surface area contributed by atoms with E-state index in [0.717, 1.165) is 25.9 Å². The number of methoxy groups -OCH3 is 1. The average Bonchev–Trinajstić information content (AvgIpc) is 3.14. The van der Waals surface area contributed by atoms with Gasteiger partial charge in [-0.1, -0.05) is 0 Å². The third kappa shape index (κ3) is 2.64. The van der Waals surface area contributed by atoms with Crippen molar-refractivity contribution < 1.29 is 9.53 Å². The average molecular weight is 304 g/mol. The number of rotatable bonds is 5. The number of pyridine rings is 1. The Balaban J connectivity index is 1.96. The third-order valence-corrected chi connectivity index (χ3v) is 4.05. The van der Waals surface area contributed by atoms with Crippen molar-refractivity contribution in [2.24, 2.45) is 0 Å². The molecule has 2 aromatic rings. The number of aromatic nitrogens is 3. The van der Waals surface area contributed by atoms with Gasteiger partial charge in [-0.3, -0.25) is 13.9 Å². The number of carbonyl (C=O) groups excluding carboxylic acids is 1. The minimum Gasteiger partial charge on any atom is -0.383 e. The Morgan fingerprint density at radius 3 is 2.82 bits per heavy atom. The number of fused-ring (bicyclic) bond motifs is 1. The zero-order valence-electron chi connectivity index (χ0n) is 12.7. The predicted octanol–water partition coefficient (Wildman–Crippen LogP) is 0.467. The highest BCUT2D eigenvalue weighted by Crippen LogP contribution is 2.12. The van der Waals surface area contributed by atoms with Gasteiger partial charge in [0.1, 0.15) is 6.54 Å². The summed E-state index contributed by atoms with van der Waals surface area (Å²) in [5.41, 5.74) is 1.08. The number of hydrogen-bond acceptors (Lipinski definition) is 4. The molecule has 0 bridgehead atoms. The summed E-state index contributed by atoms with van der Waals surface area (Å²) >= 11 is 0. The number of hydrogen-bond donors (Lipinski definition) is 0. The van der Waals surface area contributed by atoms with Crippen molar-refractivity contribution in [3.63, 3.8) is 0 Å². The molecule has 0 atom stereocenters. The zero-order valence-corrected chi connectivity index (χ0v) is 12.7. The minimum atomic E-state index is -0.210. The summed E-state index contributed by atoms with van der Waals surface area (Å²) in [4.78, 5) is 31.1. The lowest BCUT2D eigenvalue weighted by Gasteiger charge is -2.15. The molecule has 3 heterocycles. The van der Waals surface area contributed by atoms with Crippen molar-refractivity contribution in [3.05, 3.63) is 28.8 Å². The molecule has 1 aliphatic heterocycles. The highest BCUT2D eigenvalue weighted by molar-refractivity contribution is 5.79. The van der Waals surface area contributed by atoms with Gasteiger partial charge in [0, 0.05) is 26.4 Å². The maximum Gasteiger partial charge on any atom is 0.330 e. The van der Waals surface area contributed by atoms with Crippen LogP contribution in [0.3, 0.4) is 0 Å². The summed E-state index contributed by atoms with van der Waals surface area (Å²) in [5, 5.41) is 0. The van der Waals surface area contributed by atoms with Crippen LogP contribution in [0, 0.1) is 0 Å². The van der Waals surface area contributed by atoms with Gasteiger partial charge >= 0.3 is 5.69 Å². The van der Waals surface area contributed by atoms with Crippen LogP contribution in [0.25, 0.3) is 11.2 Å². The first kappa shape index (κ1) is 14.8. The van der Waals surface area contributed by atoms with E-state index < -0.39 is 0 Å². The standard InChI is InChI=1S/C15H20N4O3/c1-22-10-9-18-14-12(5-4-6-16-14)19(15(18)21)11-13(20)17-7-2-3-8-17/h4-6H,2-3,7-11H2,1H3. The van der Waals surface area contributed by atoms with E-state index >= 15 is 0 Å². The molecule has 3 rings (SSSR count). The molecule has 2 aromatic heterocycles. The molecule has 1 fully saturated rings. The Morgan fingerprint density at radius 2 is 2.09 bits per heavy atom. The fourth-order valence-corrected chi connectivity index (χ4v) is 2.89. The molecular weight excluding hydrogens is 284 g/mol. The number of carbonyl (C=O) groups is 1. The maximum absolute atomic E-state index is 12.6. The minimum absolute atomic E-state index is 0.00533. The molecule has 1 amide bonds. The Labute approximate surface area is 128 Å². The van der Waals surface area contributed by atoms with E-state index in [-0.39, 0.29) is 18.1 Å². The molecule has 0 saturated carbocycles. The molecule has 0 aliphatic carbocycles. The lowest BCUT2D eigenvalue weighted by Crippen LogP contribution is -2.35. The lowest BCUT2D eigenvalue weighted by molar-refractivity contribution is -0.130. The molecule has 118 valence electrons. The van der Waals surface area contributed by atoms with Crippen LogP contribution in [0.2, 0.25) is 0 Å². The first-order valence-electron chi connectivity index (χ1n) is 7.53. The third-order valence-electron chi connectivity index (χ3n) is 4.05. The van der Waals surface area contributed by atoms with E-state index in [9.17, 15) is 9.59 Å². The smallest absolute Gasteiger partial charge is 0.330 e. The molecule has 0 aromatic carbocycles. The molecule has 22 heavy (non-hydrogen) atoms. The van der Waals surface area contributed by atoms with E-state index in [2.05, 4.69) is 4.98 Å². The Bertz CT molecular complexity index is 728. The topological polar surface area (TPSA) is 69.4 Å². The second kappa shape index (κ2) is 6.31. The summed E-state index contributed by atoms with van der Waals surface area (Å²) in [6.45, 7) is 2.49. The number of ether oxygens (including phenoxy) is 1. The molecule has 0 radical (unpaired) electrons. The van der Waals surface area contributed by atoms with Gasteiger partial charge in [-0.05, 0) is 25.0 Å². The summed E-state index contributed by atoms with van der Waals surface area (Å²) in [5.74, 6) is -0.00533. The van der Waals surface area contributed by atoms with Crippen LogP contribution in [0.5, 0.6) is 0 Å². The predicted molar refractivity (Wildman–Crippen MR) is 81.7 cm³/mol. The monoisotopic (exact) mass is 304 g/mol. The molecule has 7 nitrogen and oxygen atoms in total. The number of amides is 1. The quantitative estimate of drug-likeness (QED) is 0.805. The first-order chi connectivity index (χ1) is 10.7.